The van der Waals surface area contributed by atoms with Crippen molar-refractivity contribution in [1.82, 2.24) is 28.9 Å². The number of benzene rings is 7. The average molecular weight is 693 g/mol. The molecule has 11 rings (SSSR count). The van der Waals surface area contributed by atoms with E-state index in [1.165, 1.54) is 0 Å². The monoisotopic (exact) mass is 692 g/mol. The smallest absolute Gasteiger partial charge is 0.267 e. The van der Waals surface area contributed by atoms with Gasteiger partial charge in [-0.1, -0.05) is 121 Å². The highest BCUT2D eigenvalue weighted by Crippen LogP contribution is 2.36. The first-order chi connectivity index (χ1) is 26.7. The van der Waals surface area contributed by atoms with Gasteiger partial charge in [0.15, 0.2) is 5.65 Å². The summed E-state index contributed by atoms with van der Waals surface area (Å²) < 4.78 is 3.81. The van der Waals surface area contributed by atoms with E-state index in [0.717, 1.165) is 71.6 Å². The van der Waals surface area contributed by atoms with E-state index in [-0.39, 0.29) is 5.56 Å². The predicted octanol–water partition coefficient (Wildman–Crippen LogP) is 10.4. The molecule has 7 aromatic carbocycles. The lowest BCUT2D eigenvalue weighted by molar-refractivity contribution is 1.01. The van der Waals surface area contributed by atoms with Crippen molar-refractivity contribution in [2.24, 2.45) is 0 Å². The predicted molar refractivity (Wildman–Crippen MR) is 218 cm³/mol. The molecule has 0 spiro atoms. The van der Waals surface area contributed by atoms with Crippen LogP contribution in [0.5, 0.6) is 0 Å². The minimum atomic E-state index is -0.158. The molecule has 7 nitrogen and oxygen atoms in total. The zero-order valence-corrected chi connectivity index (χ0v) is 28.8. The molecule has 4 aromatic heterocycles. The van der Waals surface area contributed by atoms with E-state index in [1.54, 1.807) is 4.40 Å². The summed E-state index contributed by atoms with van der Waals surface area (Å²) in [6.45, 7) is 0. The van der Waals surface area contributed by atoms with Crippen molar-refractivity contribution in [2.45, 2.75) is 0 Å². The Morgan fingerprint density at radius 2 is 0.963 bits per heavy atom. The standard InChI is InChI=1S/C47H28N6O/c54-46-37-28-31(23-25-40(37)49-45-35-19-8-11-21-39(35)48-44(53(45)46)30-15-5-2-6-16-30)32-24-26-42-36(27-32)33-17-9-12-22-41(33)52(42)47-50-38-20-10-7-18-34(38)43(51-47)29-13-3-1-4-14-29/h1-28H. The molecule has 54 heavy (non-hydrogen) atoms. The van der Waals surface area contributed by atoms with Gasteiger partial charge in [0.25, 0.3) is 5.56 Å². The Morgan fingerprint density at radius 3 is 1.74 bits per heavy atom. The van der Waals surface area contributed by atoms with Gasteiger partial charge in [0, 0.05) is 32.7 Å². The molecule has 0 N–H and O–H groups in total. The fourth-order valence-corrected chi connectivity index (χ4v) is 7.80. The summed E-state index contributed by atoms with van der Waals surface area (Å²) in [5, 5.41) is 4.51. The second-order valence-electron chi connectivity index (χ2n) is 13.5. The van der Waals surface area contributed by atoms with Crippen LogP contribution < -0.4 is 5.56 Å². The van der Waals surface area contributed by atoms with Crippen molar-refractivity contribution in [3.05, 3.63) is 180 Å². The van der Waals surface area contributed by atoms with E-state index in [1.807, 2.05) is 115 Å². The molecule has 0 aliphatic rings. The van der Waals surface area contributed by atoms with Crippen LogP contribution in [0.1, 0.15) is 0 Å². The number of hydrogen-bond donors (Lipinski definition) is 0. The summed E-state index contributed by atoms with van der Waals surface area (Å²) in [6.07, 6.45) is 0. The van der Waals surface area contributed by atoms with E-state index in [0.29, 0.717) is 28.3 Å². The zero-order chi connectivity index (χ0) is 35.8. The van der Waals surface area contributed by atoms with Gasteiger partial charge in [0.05, 0.1) is 38.7 Å². The molecule has 0 aliphatic carbocycles. The van der Waals surface area contributed by atoms with Crippen LogP contribution in [0, 0.1) is 0 Å². The Morgan fingerprint density at radius 1 is 0.389 bits per heavy atom. The third-order valence-corrected chi connectivity index (χ3v) is 10.3. The first-order valence-corrected chi connectivity index (χ1v) is 17.9. The van der Waals surface area contributed by atoms with Crippen LogP contribution in [0.2, 0.25) is 0 Å². The van der Waals surface area contributed by atoms with Gasteiger partial charge < -0.3 is 0 Å². The Labute approximate surface area is 308 Å². The molecule has 0 unspecified atom stereocenters. The summed E-state index contributed by atoms with van der Waals surface area (Å²) in [5.41, 5.74) is 9.43. The maximum Gasteiger partial charge on any atom is 0.267 e. The van der Waals surface area contributed by atoms with E-state index < -0.39 is 0 Å². The van der Waals surface area contributed by atoms with Crippen molar-refractivity contribution < 1.29 is 0 Å². The molecule has 0 amide bonds. The number of hydrogen-bond acceptors (Lipinski definition) is 5. The summed E-state index contributed by atoms with van der Waals surface area (Å²) in [7, 11) is 0. The van der Waals surface area contributed by atoms with Crippen molar-refractivity contribution in [2.75, 3.05) is 0 Å². The van der Waals surface area contributed by atoms with Gasteiger partial charge in [-0.05, 0) is 59.7 Å². The summed E-state index contributed by atoms with van der Waals surface area (Å²) >= 11 is 0. The lowest BCUT2D eigenvalue weighted by Crippen LogP contribution is -2.19. The van der Waals surface area contributed by atoms with Crippen LogP contribution in [-0.2, 0) is 0 Å². The van der Waals surface area contributed by atoms with Gasteiger partial charge in [-0.15, -0.1) is 0 Å². The Hall–Kier alpha value is -7.51. The fraction of sp³-hybridized carbons (Fsp3) is 0. The first-order valence-electron chi connectivity index (χ1n) is 17.9. The van der Waals surface area contributed by atoms with Crippen molar-refractivity contribution in [3.63, 3.8) is 0 Å². The number of rotatable bonds is 4. The highest BCUT2D eigenvalue weighted by molar-refractivity contribution is 6.10. The molecule has 0 fully saturated rings. The van der Waals surface area contributed by atoms with E-state index in [2.05, 4.69) is 59.2 Å². The fourth-order valence-electron chi connectivity index (χ4n) is 7.80. The van der Waals surface area contributed by atoms with Crippen LogP contribution >= 0.6 is 0 Å². The highest BCUT2D eigenvalue weighted by Gasteiger charge is 2.19. The Balaban J connectivity index is 1.12. The third kappa shape index (κ3) is 4.58. The second-order valence-corrected chi connectivity index (χ2v) is 13.5. The summed E-state index contributed by atoms with van der Waals surface area (Å²) in [5.74, 6) is 1.17. The van der Waals surface area contributed by atoms with Gasteiger partial charge in [-0.2, -0.15) is 0 Å². The summed E-state index contributed by atoms with van der Waals surface area (Å²) in [6, 6.07) is 56.8. The van der Waals surface area contributed by atoms with E-state index >= 15 is 0 Å². The van der Waals surface area contributed by atoms with Crippen LogP contribution in [-0.4, -0.2) is 28.9 Å². The maximum atomic E-state index is 14.5. The van der Waals surface area contributed by atoms with Crippen LogP contribution in [0.15, 0.2) is 175 Å². The van der Waals surface area contributed by atoms with E-state index in [4.69, 9.17) is 19.9 Å². The third-order valence-electron chi connectivity index (χ3n) is 10.3. The Bertz CT molecular complexity index is 3350. The molecule has 4 heterocycles. The van der Waals surface area contributed by atoms with Gasteiger partial charge in [-0.3, -0.25) is 9.36 Å². The van der Waals surface area contributed by atoms with Crippen LogP contribution in [0.4, 0.5) is 0 Å². The number of nitrogens with zero attached hydrogens (tertiary/aromatic N) is 6. The van der Waals surface area contributed by atoms with Crippen molar-refractivity contribution >= 4 is 60.2 Å². The van der Waals surface area contributed by atoms with E-state index in [9.17, 15) is 4.79 Å². The lowest BCUT2D eigenvalue weighted by atomic mass is 10.0. The highest BCUT2D eigenvalue weighted by atomic mass is 16.1. The van der Waals surface area contributed by atoms with Gasteiger partial charge >= 0.3 is 0 Å². The minimum Gasteiger partial charge on any atom is -0.278 e. The quantitative estimate of drug-likeness (QED) is 0.136. The number of fused-ring (bicyclic) bond motifs is 8. The van der Waals surface area contributed by atoms with Crippen molar-refractivity contribution in [3.8, 4) is 39.7 Å². The minimum absolute atomic E-state index is 0.158. The molecule has 0 saturated carbocycles. The summed E-state index contributed by atoms with van der Waals surface area (Å²) in [4.78, 5) is 34.9. The van der Waals surface area contributed by atoms with Crippen molar-refractivity contribution in [1.29, 1.82) is 0 Å². The number of para-hydroxylation sites is 3. The second kappa shape index (κ2) is 11.8. The molecule has 0 saturated heterocycles. The SMILES string of the molecule is O=c1c2cc(-c3ccc4c(c3)c3ccccc3n4-c3nc(-c4ccccc4)c4ccccc4n3)ccc2nc2c3ccccc3nc(-c3ccccc3)n12. The molecule has 11 aromatic rings. The molecule has 0 radical (unpaired) electrons. The first kappa shape index (κ1) is 30.1. The van der Waals surface area contributed by atoms with Gasteiger partial charge in [0.2, 0.25) is 5.95 Å². The van der Waals surface area contributed by atoms with Gasteiger partial charge in [-0.25, -0.2) is 24.3 Å². The maximum absolute atomic E-state index is 14.5. The normalized spacial score (nSPS) is 11.8. The van der Waals surface area contributed by atoms with Crippen LogP contribution in [0.3, 0.4) is 0 Å². The topological polar surface area (TPSA) is 78.0 Å². The molecule has 0 bridgehead atoms. The molecule has 7 heteroatoms. The lowest BCUT2D eigenvalue weighted by Gasteiger charge is -2.13. The average Bonchev–Trinajstić information content (AvgIpc) is 3.57. The molecule has 0 atom stereocenters. The molecular weight excluding hydrogens is 665 g/mol. The molecule has 0 aliphatic heterocycles. The van der Waals surface area contributed by atoms with Crippen LogP contribution in [0.25, 0.3) is 99.9 Å². The molecule has 252 valence electrons. The Kier molecular flexibility index (Phi) is 6.57. The van der Waals surface area contributed by atoms with Gasteiger partial charge in [0.1, 0.15) is 5.82 Å². The zero-order valence-electron chi connectivity index (χ0n) is 28.8. The largest absolute Gasteiger partial charge is 0.278 e. The number of aromatic nitrogens is 6. The molecular formula is C47H28N6O.